The van der Waals surface area contributed by atoms with Crippen molar-refractivity contribution >= 4 is 0 Å². The molecule has 0 amide bonds. The normalized spacial score (nSPS) is 13.4. The molecule has 0 radical (unpaired) electrons. The predicted molar refractivity (Wildman–Crippen MR) is 224 cm³/mol. The summed E-state index contributed by atoms with van der Waals surface area (Å²) in [5, 5.41) is 0. The summed E-state index contributed by atoms with van der Waals surface area (Å²) in [6, 6.07) is 0. The van der Waals surface area contributed by atoms with Gasteiger partial charge in [0.2, 0.25) is 0 Å². The van der Waals surface area contributed by atoms with Crippen molar-refractivity contribution in [3.63, 3.8) is 0 Å². The van der Waals surface area contributed by atoms with E-state index in [0.717, 1.165) is 77.8 Å². The molecule has 0 fully saturated rings. The molecule has 0 spiro atoms. The van der Waals surface area contributed by atoms with Crippen LogP contribution < -0.4 is 0 Å². The minimum absolute atomic E-state index is 0.000797. The molecule has 0 rings (SSSR count). The van der Waals surface area contributed by atoms with E-state index < -0.39 is 0 Å². The lowest BCUT2D eigenvalue weighted by atomic mass is 10.0. The number of rotatable bonds is 44. The number of unbranched alkanes of at least 4 members (excludes halogenated alkanes) is 20. The van der Waals surface area contributed by atoms with Gasteiger partial charge in [0.25, 0.3) is 0 Å². The zero-order chi connectivity index (χ0) is 38.7. The molecule has 7 nitrogen and oxygen atoms in total. The van der Waals surface area contributed by atoms with Crippen molar-refractivity contribution in [1.29, 1.82) is 0 Å². The van der Waals surface area contributed by atoms with Crippen molar-refractivity contribution < 1.29 is 33.2 Å². The monoisotopic (exact) mass is 755 g/mol. The second kappa shape index (κ2) is 43.9. The van der Waals surface area contributed by atoms with E-state index in [-0.39, 0.29) is 25.2 Å². The molecular formula is C46H90O7. The third-order valence-electron chi connectivity index (χ3n) is 9.47. The van der Waals surface area contributed by atoms with Crippen LogP contribution in [-0.2, 0) is 33.2 Å². The minimum atomic E-state index is -0.389. The van der Waals surface area contributed by atoms with Gasteiger partial charge in [-0.05, 0) is 89.2 Å². The molecule has 0 aliphatic rings. The second-order valence-corrected chi connectivity index (χ2v) is 14.8. The lowest BCUT2D eigenvalue weighted by Crippen LogP contribution is -2.22. The maximum absolute atomic E-state index is 6.01. The van der Waals surface area contributed by atoms with E-state index in [0.29, 0.717) is 0 Å². The Hall–Kier alpha value is -0.800. The highest BCUT2D eigenvalue weighted by molar-refractivity contribution is 4.89. The number of hydrogen-bond donors (Lipinski definition) is 0. The Kier molecular flexibility index (Phi) is 43.3. The average molecular weight is 755 g/mol. The van der Waals surface area contributed by atoms with E-state index in [1.54, 1.807) is 14.2 Å². The quantitative estimate of drug-likeness (QED) is 0.0349. The van der Waals surface area contributed by atoms with Gasteiger partial charge in [0.1, 0.15) is 0 Å². The number of ether oxygens (including phenoxy) is 7. The van der Waals surface area contributed by atoms with E-state index in [4.69, 9.17) is 33.2 Å². The van der Waals surface area contributed by atoms with E-state index in [2.05, 4.69) is 39.8 Å². The summed E-state index contributed by atoms with van der Waals surface area (Å²) in [5.74, 6) is 0. The van der Waals surface area contributed by atoms with Crippen LogP contribution in [0, 0.1) is 0 Å². The molecule has 316 valence electrons. The van der Waals surface area contributed by atoms with Crippen LogP contribution in [0.3, 0.4) is 0 Å². The summed E-state index contributed by atoms with van der Waals surface area (Å²) in [7, 11) is 3.38. The van der Waals surface area contributed by atoms with Gasteiger partial charge in [-0.3, -0.25) is 0 Å². The Balaban J connectivity index is 3.76. The van der Waals surface area contributed by atoms with Crippen molar-refractivity contribution in [3.05, 3.63) is 24.3 Å². The molecule has 0 N–H and O–H groups in total. The van der Waals surface area contributed by atoms with Crippen LogP contribution in [0.25, 0.3) is 0 Å². The average Bonchev–Trinajstić information content (AvgIpc) is 3.18. The first-order valence-electron chi connectivity index (χ1n) is 22.7. The van der Waals surface area contributed by atoms with E-state index in [1.165, 1.54) is 128 Å². The Morgan fingerprint density at radius 1 is 0.358 bits per heavy atom. The molecule has 0 aromatic rings. The molecular weight excluding hydrogens is 664 g/mol. The highest BCUT2D eigenvalue weighted by atomic mass is 16.8. The fourth-order valence-electron chi connectivity index (χ4n) is 6.31. The standard InChI is InChI=1S/C46H90O7/c1-7-39-49-45(50-40-8-2)37-33-29-25-21-17-13-11-15-19-23-27-31-35-43(47-5)53-44(48-6)36-32-28-24-20-16-12-14-18-22-26-30-34-38-46(51-41-9-3)52-42-10-4/h31-32,35-36,43-46H,7-30,33-34,37-42H2,1-6H3. The van der Waals surface area contributed by atoms with Crippen molar-refractivity contribution in [3.8, 4) is 0 Å². The van der Waals surface area contributed by atoms with Crippen molar-refractivity contribution in [2.24, 2.45) is 0 Å². The van der Waals surface area contributed by atoms with Gasteiger partial charge in [-0.25, -0.2) is 0 Å². The molecule has 0 bridgehead atoms. The molecule has 0 heterocycles. The smallest absolute Gasteiger partial charge is 0.179 e. The first-order valence-corrected chi connectivity index (χ1v) is 22.7. The van der Waals surface area contributed by atoms with Crippen LogP contribution >= 0.6 is 0 Å². The molecule has 0 aliphatic carbocycles. The number of hydrogen-bond acceptors (Lipinski definition) is 7. The summed E-state index contributed by atoms with van der Waals surface area (Å²) in [6.07, 6.45) is 42.2. The zero-order valence-corrected chi connectivity index (χ0v) is 36.1. The fourth-order valence-corrected chi connectivity index (χ4v) is 6.31. The van der Waals surface area contributed by atoms with Crippen LogP contribution in [0.15, 0.2) is 24.3 Å². The zero-order valence-electron chi connectivity index (χ0n) is 36.1. The largest absolute Gasteiger partial charge is 0.353 e. The molecule has 2 unspecified atom stereocenters. The summed E-state index contributed by atoms with van der Waals surface area (Å²) in [6.45, 7) is 11.8. The van der Waals surface area contributed by atoms with Gasteiger partial charge in [-0.1, -0.05) is 143 Å². The van der Waals surface area contributed by atoms with Gasteiger partial charge in [-0.2, -0.15) is 0 Å². The lowest BCUT2D eigenvalue weighted by molar-refractivity contribution is -0.188. The van der Waals surface area contributed by atoms with E-state index in [9.17, 15) is 0 Å². The van der Waals surface area contributed by atoms with Crippen LogP contribution in [0.4, 0.5) is 0 Å². The summed E-state index contributed by atoms with van der Waals surface area (Å²) >= 11 is 0. The topological polar surface area (TPSA) is 64.6 Å². The summed E-state index contributed by atoms with van der Waals surface area (Å²) < 4.78 is 40.4. The number of methoxy groups -OCH3 is 2. The van der Waals surface area contributed by atoms with E-state index >= 15 is 0 Å². The maximum atomic E-state index is 6.01. The van der Waals surface area contributed by atoms with Crippen molar-refractivity contribution in [1.82, 2.24) is 0 Å². The molecule has 53 heavy (non-hydrogen) atoms. The lowest BCUT2D eigenvalue weighted by Gasteiger charge is -2.18. The highest BCUT2D eigenvalue weighted by Gasteiger charge is 2.11. The Morgan fingerprint density at radius 2 is 0.623 bits per heavy atom. The van der Waals surface area contributed by atoms with Gasteiger partial charge in [0.05, 0.1) is 0 Å². The first-order chi connectivity index (χ1) is 26.1. The third-order valence-corrected chi connectivity index (χ3v) is 9.47. The molecule has 0 aromatic carbocycles. The maximum Gasteiger partial charge on any atom is 0.179 e. The van der Waals surface area contributed by atoms with Crippen molar-refractivity contribution in [2.75, 3.05) is 40.6 Å². The molecule has 0 aliphatic heterocycles. The minimum Gasteiger partial charge on any atom is -0.353 e. The molecule has 0 saturated heterocycles. The highest BCUT2D eigenvalue weighted by Crippen LogP contribution is 2.17. The SMILES string of the molecule is CCCOC(CCCCCCCCCCCCC=CC(OC)OC(C=CCCCCCCCCCCCCC(OCCC)OCCC)OC)OCCC. The van der Waals surface area contributed by atoms with Crippen LogP contribution in [-0.4, -0.2) is 65.8 Å². The summed E-state index contributed by atoms with van der Waals surface area (Å²) in [5.41, 5.74) is 0. The molecule has 2 atom stereocenters. The summed E-state index contributed by atoms with van der Waals surface area (Å²) in [4.78, 5) is 0. The second-order valence-electron chi connectivity index (χ2n) is 14.8. The molecule has 7 heteroatoms. The van der Waals surface area contributed by atoms with Crippen LogP contribution in [0.2, 0.25) is 0 Å². The Morgan fingerprint density at radius 3 is 0.887 bits per heavy atom. The van der Waals surface area contributed by atoms with Gasteiger partial charge >= 0.3 is 0 Å². The third kappa shape index (κ3) is 37.9. The van der Waals surface area contributed by atoms with Gasteiger partial charge in [-0.15, -0.1) is 0 Å². The molecule has 0 aromatic heterocycles. The Bertz CT molecular complexity index is 669. The van der Waals surface area contributed by atoms with Crippen LogP contribution in [0.5, 0.6) is 0 Å². The van der Waals surface area contributed by atoms with Gasteiger partial charge < -0.3 is 33.2 Å². The van der Waals surface area contributed by atoms with Gasteiger partial charge in [0, 0.05) is 40.6 Å². The van der Waals surface area contributed by atoms with E-state index in [1.807, 2.05) is 12.2 Å². The van der Waals surface area contributed by atoms with Crippen molar-refractivity contribution in [2.45, 2.75) is 233 Å². The molecule has 0 saturated carbocycles. The first kappa shape index (κ1) is 52.2. The Labute approximate surface area is 330 Å². The number of allylic oxidation sites excluding steroid dienone is 2. The van der Waals surface area contributed by atoms with Gasteiger partial charge in [0.15, 0.2) is 25.2 Å². The van der Waals surface area contributed by atoms with Crippen LogP contribution in [0.1, 0.15) is 207 Å². The fraction of sp³-hybridized carbons (Fsp3) is 0.913. The predicted octanol–water partition coefficient (Wildman–Crippen LogP) is 13.8.